The van der Waals surface area contributed by atoms with Gasteiger partial charge in [0, 0.05) is 19.0 Å². The number of aliphatic hydroxyl groups is 2. The van der Waals surface area contributed by atoms with Crippen molar-refractivity contribution in [1.29, 1.82) is 0 Å². The lowest BCUT2D eigenvalue weighted by molar-refractivity contribution is -0.161. The fourth-order valence-corrected chi connectivity index (χ4v) is 9.58. The number of aliphatic hydroxyl groups excluding tert-OH is 2. The predicted octanol–water partition coefficient (Wildman–Crippen LogP) is 9.21. The molecular formula is C45H83N3O15P2. The molecular weight excluding hydrogens is 884 g/mol. The van der Waals surface area contributed by atoms with Crippen molar-refractivity contribution in [3.05, 3.63) is 22.7 Å². The van der Waals surface area contributed by atoms with E-state index in [0.717, 1.165) is 68.3 Å². The largest absolute Gasteiger partial charge is 0.481 e. The number of anilines is 1. The van der Waals surface area contributed by atoms with Crippen LogP contribution in [0.4, 0.5) is 5.82 Å². The number of phosphoric ester groups is 2. The van der Waals surface area contributed by atoms with E-state index in [1.54, 1.807) is 0 Å². The third-order valence-corrected chi connectivity index (χ3v) is 14.3. The summed E-state index contributed by atoms with van der Waals surface area (Å²) in [5.41, 5.74) is 4.58. The second-order valence-corrected chi connectivity index (χ2v) is 21.1. The summed E-state index contributed by atoms with van der Waals surface area (Å²) >= 11 is 0. The molecule has 0 amide bonds. The average Bonchev–Trinajstić information content (AvgIpc) is 3.52. The van der Waals surface area contributed by atoms with Crippen molar-refractivity contribution >= 4 is 33.4 Å². The first-order chi connectivity index (χ1) is 30.9. The minimum absolute atomic E-state index is 0.0519. The monoisotopic (exact) mass is 968 g/mol. The molecule has 1 aromatic heterocycles. The Labute approximate surface area is 387 Å². The number of rotatable bonds is 39. The van der Waals surface area contributed by atoms with Gasteiger partial charge in [0.1, 0.15) is 30.7 Å². The Morgan fingerprint density at radius 1 is 0.738 bits per heavy atom. The van der Waals surface area contributed by atoms with Crippen LogP contribution in [-0.2, 0) is 46.3 Å². The van der Waals surface area contributed by atoms with Gasteiger partial charge in [-0.25, -0.2) is 13.9 Å². The lowest BCUT2D eigenvalue weighted by Gasteiger charge is -2.21. The Morgan fingerprint density at radius 3 is 1.75 bits per heavy atom. The SMILES string of the molecule is CCC(C)CCCCCCCCCCCCCCCCC(=O)OC[C@H](COP(=O)(O)OP(=O)(O)OC[C@H]1O[C@@H](n2ccc(N)nc2=O)C(O)[C@H]1O)OC(=O)CCCCCCCCC(C)C. The van der Waals surface area contributed by atoms with Crippen LogP contribution in [0.15, 0.2) is 17.1 Å². The molecule has 18 nitrogen and oxygen atoms in total. The van der Waals surface area contributed by atoms with Gasteiger partial charge in [0.15, 0.2) is 12.3 Å². The molecule has 0 saturated carbocycles. The first kappa shape index (κ1) is 58.9. The molecule has 378 valence electrons. The van der Waals surface area contributed by atoms with Crippen LogP contribution in [0.5, 0.6) is 0 Å². The summed E-state index contributed by atoms with van der Waals surface area (Å²) in [6, 6.07) is 1.25. The van der Waals surface area contributed by atoms with E-state index < -0.39 is 83.7 Å². The molecule has 0 radical (unpaired) electrons. The van der Waals surface area contributed by atoms with E-state index in [-0.39, 0.29) is 18.7 Å². The molecule has 1 aromatic rings. The highest BCUT2D eigenvalue weighted by molar-refractivity contribution is 7.61. The Hall–Kier alpha value is -2.24. The van der Waals surface area contributed by atoms with Crippen molar-refractivity contribution in [3.8, 4) is 0 Å². The van der Waals surface area contributed by atoms with Crippen LogP contribution in [-0.4, -0.2) is 85.7 Å². The Bertz CT molecular complexity index is 1620. The average molecular weight is 968 g/mol. The van der Waals surface area contributed by atoms with E-state index in [0.29, 0.717) is 18.8 Å². The topological polar surface area (TPSA) is 265 Å². The van der Waals surface area contributed by atoms with E-state index in [1.807, 2.05) is 0 Å². The first-order valence-electron chi connectivity index (χ1n) is 24.3. The smallest absolute Gasteiger partial charge is 0.462 e. The number of ether oxygens (including phenoxy) is 3. The summed E-state index contributed by atoms with van der Waals surface area (Å²) in [7, 11) is -10.8. The minimum atomic E-state index is -5.41. The molecule has 1 aliphatic rings. The molecule has 6 N–H and O–H groups in total. The van der Waals surface area contributed by atoms with Crippen LogP contribution in [0.1, 0.15) is 194 Å². The summed E-state index contributed by atoms with van der Waals surface area (Å²) in [6.45, 7) is 6.70. The van der Waals surface area contributed by atoms with Crippen molar-refractivity contribution in [2.45, 2.75) is 219 Å². The first-order valence-corrected chi connectivity index (χ1v) is 27.3. The molecule has 0 aliphatic carbocycles. The number of phosphoric acid groups is 2. The number of hydrogen-bond donors (Lipinski definition) is 5. The van der Waals surface area contributed by atoms with E-state index in [4.69, 9.17) is 29.0 Å². The van der Waals surface area contributed by atoms with Gasteiger partial charge in [-0.05, 0) is 30.7 Å². The van der Waals surface area contributed by atoms with Gasteiger partial charge < -0.3 is 39.9 Å². The molecule has 4 unspecified atom stereocenters. The molecule has 0 bridgehead atoms. The summed E-state index contributed by atoms with van der Waals surface area (Å²) in [5, 5.41) is 20.9. The van der Waals surface area contributed by atoms with Crippen molar-refractivity contribution in [3.63, 3.8) is 0 Å². The normalized spacial score (nSPS) is 20.3. The quantitative estimate of drug-likeness (QED) is 0.0234. The molecule has 8 atom stereocenters. The fourth-order valence-electron chi connectivity index (χ4n) is 7.47. The van der Waals surface area contributed by atoms with Gasteiger partial charge in [0.2, 0.25) is 0 Å². The molecule has 2 heterocycles. The summed E-state index contributed by atoms with van der Waals surface area (Å²) < 4.78 is 56.6. The van der Waals surface area contributed by atoms with Gasteiger partial charge in [-0.3, -0.25) is 23.2 Å². The van der Waals surface area contributed by atoms with Crippen LogP contribution >= 0.6 is 15.6 Å². The van der Waals surface area contributed by atoms with Gasteiger partial charge in [0.25, 0.3) is 0 Å². The number of carbonyl (C=O) groups excluding carboxylic acids is 2. The Kier molecular flexibility index (Phi) is 30.2. The van der Waals surface area contributed by atoms with Gasteiger partial charge in [-0.15, -0.1) is 0 Å². The van der Waals surface area contributed by atoms with Crippen molar-refractivity contribution in [1.82, 2.24) is 9.55 Å². The summed E-state index contributed by atoms with van der Waals surface area (Å²) in [6.07, 6.45) is 19.5. The minimum Gasteiger partial charge on any atom is -0.462 e. The highest BCUT2D eigenvalue weighted by Gasteiger charge is 2.46. The van der Waals surface area contributed by atoms with Crippen LogP contribution in [0.3, 0.4) is 0 Å². The number of unbranched alkanes of at least 4 members (excludes halogenated alkanes) is 18. The van der Waals surface area contributed by atoms with Crippen molar-refractivity contribution in [2.75, 3.05) is 25.6 Å². The zero-order chi connectivity index (χ0) is 48.1. The van der Waals surface area contributed by atoms with Gasteiger partial charge in [-0.1, -0.05) is 163 Å². The second-order valence-electron chi connectivity index (χ2n) is 18.0. The van der Waals surface area contributed by atoms with Gasteiger partial charge >= 0.3 is 33.3 Å². The molecule has 2 rings (SSSR count). The van der Waals surface area contributed by atoms with Crippen LogP contribution < -0.4 is 11.4 Å². The second kappa shape index (κ2) is 33.3. The third kappa shape index (κ3) is 27.4. The molecule has 1 saturated heterocycles. The Balaban J connectivity index is 1.77. The number of hydrogen-bond acceptors (Lipinski definition) is 15. The van der Waals surface area contributed by atoms with E-state index in [2.05, 4.69) is 37.0 Å². The number of nitrogens with two attached hydrogens (primary N) is 1. The lowest BCUT2D eigenvalue weighted by Crippen LogP contribution is -2.36. The number of nitrogen functional groups attached to an aromatic ring is 1. The van der Waals surface area contributed by atoms with E-state index >= 15 is 0 Å². The summed E-state index contributed by atoms with van der Waals surface area (Å²) in [5.74, 6) is 0.222. The standard InChI is InChI=1S/C45H83N3O15P2/c1-5-36(4)27-23-19-14-12-10-8-6-7-9-11-13-15-20-24-28-40(49)58-32-37(61-41(50)29-25-21-17-16-18-22-26-35(2)3)33-59-64(54,55)63-65(56,57)60-34-38-42(51)43(52)44(62-38)48-31-30-39(46)47-45(48)53/h30-31,35-38,42-44,51-52H,5-29,32-34H2,1-4H3,(H,54,55)(H,56,57)(H2,46,47,53)/t36?,37-,38-,42+,43?,44-/m1/s1. The maximum Gasteiger partial charge on any atom is 0.481 e. The van der Waals surface area contributed by atoms with Crippen LogP contribution in [0, 0.1) is 11.8 Å². The number of esters is 2. The van der Waals surface area contributed by atoms with Crippen molar-refractivity contribution < 1.29 is 66.3 Å². The Morgan fingerprint density at radius 2 is 1.23 bits per heavy atom. The molecule has 1 fully saturated rings. The van der Waals surface area contributed by atoms with Crippen molar-refractivity contribution in [2.24, 2.45) is 11.8 Å². The van der Waals surface area contributed by atoms with Gasteiger partial charge in [0.05, 0.1) is 13.2 Å². The fraction of sp³-hybridized carbons (Fsp3) is 0.867. The number of carbonyl (C=O) groups is 2. The zero-order valence-corrected chi connectivity index (χ0v) is 41.4. The lowest BCUT2D eigenvalue weighted by atomic mass is 9.99. The maximum absolute atomic E-state index is 12.8. The molecule has 0 aromatic carbocycles. The maximum atomic E-state index is 12.8. The van der Waals surface area contributed by atoms with Gasteiger partial charge in [-0.2, -0.15) is 9.29 Å². The molecule has 65 heavy (non-hydrogen) atoms. The van der Waals surface area contributed by atoms with E-state index in [1.165, 1.54) is 89.3 Å². The molecule has 0 spiro atoms. The molecule has 1 aliphatic heterocycles. The number of aromatic nitrogens is 2. The number of nitrogens with zero attached hydrogens (tertiary/aromatic N) is 2. The highest BCUT2D eigenvalue weighted by Crippen LogP contribution is 2.60. The predicted molar refractivity (Wildman–Crippen MR) is 247 cm³/mol. The van der Waals surface area contributed by atoms with Crippen LogP contribution in [0.2, 0.25) is 0 Å². The highest BCUT2D eigenvalue weighted by atomic mass is 31.3. The zero-order valence-electron chi connectivity index (χ0n) is 39.6. The molecule has 20 heteroatoms. The van der Waals surface area contributed by atoms with Crippen LogP contribution in [0.25, 0.3) is 0 Å². The van der Waals surface area contributed by atoms with E-state index in [9.17, 15) is 43.5 Å². The third-order valence-electron chi connectivity index (χ3n) is 11.7. The summed E-state index contributed by atoms with van der Waals surface area (Å²) in [4.78, 5) is 61.7.